The lowest BCUT2D eigenvalue weighted by atomic mass is 10.2. The van der Waals surface area contributed by atoms with E-state index in [1.54, 1.807) is 6.07 Å². The molecule has 0 heterocycles. The second-order valence-corrected chi connectivity index (χ2v) is 5.06. The molecule has 1 aromatic rings. The summed E-state index contributed by atoms with van der Waals surface area (Å²) in [6.45, 7) is 0.508. The van der Waals surface area contributed by atoms with Crippen molar-refractivity contribution in [3.8, 4) is 5.75 Å². The Balaban J connectivity index is 2.41. The van der Waals surface area contributed by atoms with Crippen LogP contribution in [0.5, 0.6) is 5.75 Å². The molecule has 1 aromatic carbocycles. The maximum absolute atomic E-state index is 12.9. The lowest BCUT2D eigenvalue weighted by Crippen LogP contribution is -2.26. The number of halogens is 1. The van der Waals surface area contributed by atoms with Gasteiger partial charge in [0.2, 0.25) is 10.0 Å². The number of primary sulfonamides is 1. The van der Waals surface area contributed by atoms with Crippen LogP contribution < -0.4 is 10.5 Å². The summed E-state index contributed by atoms with van der Waals surface area (Å²) in [6, 6.07) is 3.97. The number of phenols is 1. The summed E-state index contributed by atoms with van der Waals surface area (Å²) in [5, 5.41) is 16.5. The van der Waals surface area contributed by atoms with Crippen molar-refractivity contribution in [2.24, 2.45) is 5.14 Å². The average molecular weight is 248 g/mol. The highest BCUT2D eigenvalue weighted by molar-refractivity contribution is 7.89. The summed E-state index contributed by atoms with van der Waals surface area (Å²) in [4.78, 5) is 0. The highest BCUT2D eigenvalue weighted by Gasteiger charge is 2.03. The van der Waals surface area contributed by atoms with Gasteiger partial charge < -0.3 is 10.4 Å². The van der Waals surface area contributed by atoms with Crippen molar-refractivity contribution in [1.29, 1.82) is 0 Å². The van der Waals surface area contributed by atoms with E-state index in [1.807, 2.05) is 0 Å². The number of hydrogen-bond acceptors (Lipinski definition) is 4. The maximum Gasteiger partial charge on any atom is 0.210 e. The molecular weight excluding hydrogens is 235 g/mol. The molecule has 0 bridgehead atoms. The Kier molecular flexibility index (Phi) is 4.22. The van der Waals surface area contributed by atoms with Crippen LogP contribution in [0.1, 0.15) is 5.56 Å². The molecule has 0 aromatic heterocycles. The summed E-state index contributed by atoms with van der Waals surface area (Å²) in [6.07, 6.45) is 0. The smallest absolute Gasteiger partial charge is 0.210 e. The Morgan fingerprint density at radius 1 is 1.44 bits per heavy atom. The number of aromatic hydroxyl groups is 1. The van der Waals surface area contributed by atoms with Gasteiger partial charge in [0.1, 0.15) is 0 Å². The monoisotopic (exact) mass is 248 g/mol. The van der Waals surface area contributed by atoms with Crippen LogP contribution in [0.3, 0.4) is 0 Å². The molecule has 5 nitrogen and oxygen atoms in total. The van der Waals surface area contributed by atoms with E-state index in [2.05, 4.69) is 5.32 Å². The third-order valence-electron chi connectivity index (χ3n) is 1.90. The Hall–Kier alpha value is -1.18. The lowest BCUT2D eigenvalue weighted by molar-refractivity contribution is 0.431. The Bertz CT molecular complexity index is 462. The highest BCUT2D eigenvalue weighted by atomic mass is 32.2. The molecule has 4 N–H and O–H groups in total. The Morgan fingerprint density at radius 2 is 2.12 bits per heavy atom. The molecule has 0 atom stereocenters. The van der Waals surface area contributed by atoms with Crippen LogP contribution in [0, 0.1) is 5.82 Å². The fourth-order valence-corrected chi connectivity index (χ4v) is 1.54. The maximum atomic E-state index is 12.9. The standard InChI is InChI=1S/C9H13FN2O3S/c10-8-5-7(1-2-9(8)13)6-12-3-4-16(11,14)15/h1-2,5,12-13H,3-4,6H2,(H2,11,14,15). The molecule has 0 fully saturated rings. The molecule has 0 radical (unpaired) electrons. The molecular formula is C9H13FN2O3S. The van der Waals surface area contributed by atoms with Gasteiger partial charge in [0.25, 0.3) is 0 Å². The van der Waals surface area contributed by atoms with Crippen LogP contribution in [0.15, 0.2) is 18.2 Å². The van der Waals surface area contributed by atoms with Gasteiger partial charge in [-0.3, -0.25) is 0 Å². The number of hydrogen-bond donors (Lipinski definition) is 3. The van der Waals surface area contributed by atoms with Crippen molar-refractivity contribution < 1.29 is 17.9 Å². The quantitative estimate of drug-likeness (QED) is 0.635. The molecule has 0 aliphatic heterocycles. The minimum Gasteiger partial charge on any atom is -0.505 e. The molecule has 1 rings (SSSR count). The van der Waals surface area contributed by atoms with Crippen LogP contribution in [-0.2, 0) is 16.6 Å². The molecule has 0 spiro atoms. The van der Waals surface area contributed by atoms with Gasteiger partial charge in [-0.25, -0.2) is 17.9 Å². The van der Waals surface area contributed by atoms with E-state index in [4.69, 9.17) is 10.2 Å². The third-order valence-corrected chi connectivity index (χ3v) is 2.68. The molecule has 0 unspecified atom stereocenters. The van der Waals surface area contributed by atoms with Crippen LogP contribution in [0.4, 0.5) is 4.39 Å². The van der Waals surface area contributed by atoms with E-state index in [9.17, 15) is 12.8 Å². The summed E-state index contributed by atoms with van der Waals surface area (Å²) >= 11 is 0. The number of rotatable bonds is 5. The zero-order valence-corrected chi connectivity index (χ0v) is 9.30. The van der Waals surface area contributed by atoms with Gasteiger partial charge in [-0.15, -0.1) is 0 Å². The highest BCUT2D eigenvalue weighted by Crippen LogP contribution is 2.15. The van der Waals surface area contributed by atoms with Gasteiger partial charge in [-0.1, -0.05) is 6.07 Å². The Morgan fingerprint density at radius 3 is 2.69 bits per heavy atom. The van der Waals surface area contributed by atoms with Gasteiger partial charge in [0, 0.05) is 13.1 Å². The van der Waals surface area contributed by atoms with E-state index in [0.29, 0.717) is 12.1 Å². The SMILES string of the molecule is NS(=O)(=O)CCNCc1ccc(O)c(F)c1. The van der Waals surface area contributed by atoms with Crippen LogP contribution in [0.2, 0.25) is 0 Å². The van der Waals surface area contributed by atoms with E-state index < -0.39 is 21.6 Å². The summed E-state index contributed by atoms with van der Waals surface area (Å²) < 4.78 is 34.1. The van der Waals surface area contributed by atoms with E-state index in [1.165, 1.54) is 12.1 Å². The number of benzene rings is 1. The minimum atomic E-state index is -3.47. The minimum absolute atomic E-state index is 0.173. The zero-order valence-electron chi connectivity index (χ0n) is 8.48. The Labute approximate surface area is 93.1 Å². The summed E-state index contributed by atoms with van der Waals surface area (Å²) in [5.41, 5.74) is 0.615. The van der Waals surface area contributed by atoms with E-state index >= 15 is 0 Å². The van der Waals surface area contributed by atoms with Crippen molar-refractivity contribution in [3.63, 3.8) is 0 Å². The normalized spacial score (nSPS) is 11.6. The third kappa shape index (κ3) is 4.56. The molecule has 0 amide bonds. The van der Waals surface area contributed by atoms with E-state index in [-0.39, 0.29) is 12.3 Å². The fourth-order valence-electron chi connectivity index (χ4n) is 1.11. The molecule has 0 saturated heterocycles. The van der Waals surface area contributed by atoms with Crippen molar-refractivity contribution in [3.05, 3.63) is 29.6 Å². The number of nitrogens with one attached hydrogen (secondary N) is 1. The molecule has 16 heavy (non-hydrogen) atoms. The fraction of sp³-hybridized carbons (Fsp3) is 0.333. The number of sulfonamides is 1. The van der Waals surface area contributed by atoms with Crippen LogP contribution in [-0.4, -0.2) is 25.8 Å². The van der Waals surface area contributed by atoms with Gasteiger partial charge >= 0.3 is 0 Å². The molecule has 90 valence electrons. The van der Waals surface area contributed by atoms with Crippen molar-refractivity contribution in [1.82, 2.24) is 5.32 Å². The summed E-state index contributed by atoms with van der Waals surface area (Å²) in [5.74, 6) is -1.29. The second kappa shape index (κ2) is 5.24. The zero-order chi connectivity index (χ0) is 12.2. The molecule has 0 aliphatic rings. The van der Waals surface area contributed by atoms with Crippen molar-refractivity contribution in [2.45, 2.75) is 6.54 Å². The molecule has 0 saturated carbocycles. The summed E-state index contributed by atoms with van der Waals surface area (Å²) in [7, 11) is -3.47. The first kappa shape index (κ1) is 12.9. The average Bonchev–Trinajstić information content (AvgIpc) is 2.17. The predicted octanol–water partition coefficient (Wildman–Crippen LogP) is -0.0906. The first-order chi connectivity index (χ1) is 7.38. The first-order valence-electron chi connectivity index (χ1n) is 4.57. The number of nitrogens with two attached hydrogens (primary N) is 1. The number of phenolic OH excluding ortho intramolecular Hbond substituents is 1. The topological polar surface area (TPSA) is 92.4 Å². The van der Waals surface area contributed by atoms with Crippen LogP contribution >= 0.6 is 0 Å². The van der Waals surface area contributed by atoms with Crippen molar-refractivity contribution >= 4 is 10.0 Å². The van der Waals surface area contributed by atoms with E-state index in [0.717, 1.165) is 0 Å². The van der Waals surface area contributed by atoms with Gasteiger partial charge in [-0.2, -0.15) is 0 Å². The predicted molar refractivity (Wildman–Crippen MR) is 57.7 cm³/mol. The van der Waals surface area contributed by atoms with Gasteiger partial charge in [-0.05, 0) is 17.7 Å². The first-order valence-corrected chi connectivity index (χ1v) is 6.28. The van der Waals surface area contributed by atoms with Gasteiger partial charge in [0.05, 0.1) is 5.75 Å². The molecule has 0 aliphatic carbocycles. The molecule has 7 heteroatoms. The second-order valence-electron chi connectivity index (χ2n) is 3.33. The van der Waals surface area contributed by atoms with Crippen molar-refractivity contribution in [2.75, 3.05) is 12.3 Å². The van der Waals surface area contributed by atoms with Gasteiger partial charge in [0.15, 0.2) is 11.6 Å². The lowest BCUT2D eigenvalue weighted by Gasteiger charge is -2.04. The largest absolute Gasteiger partial charge is 0.505 e. The van der Waals surface area contributed by atoms with Crippen LogP contribution in [0.25, 0.3) is 0 Å².